The highest BCUT2D eigenvalue weighted by Gasteiger charge is 2.26. The van der Waals surface area contributed by atoms with E-state index in [1.54, 1.807) is 43.3 Å². The molecular formula is C32H35Cl2N5O5S. The summed E-state index contributed by atoms with van der Waals surface area (Å²) >= 11 is 0. The zero-order chi connectivity index (χ0) is 30.7. The molecule has 0 saturated carbocycles. The number of rotatable bonds is 9. The number of aromatic carboxylic acids is 1. The van der Waals surface area contributed by atoms with Crippen molar-refractivity contribution in [2.75, 3.05) is 17.4 Å². The Labute approximate surface area is 274 Å². The van der Waals surface area contributed by atoms with Crippen molar-refractivity contribution in [2.24, 2.45) is 5.73 Å². The van der Waals surface area contributed by atoms with Crippen LogP contribution in [0.25, 0.3) is 10.8 Å². The van der Waals surface area contributed by atoms with Gasteiger partial charge in [0.05, 0.1) is 28.5 Å². The van der Waals surface area contributed by atoms with Crippen LogP contribution in [0.15, 0.2) is 89.8 Å². The summed E-state index contributed by atoms with van der Waals surface area (Å²) in [7, 11) is -4.10. The third-order valence-corrected chi connectivity index (χ3v) is 9.36. The number of sulfonamides is 1. The maximum atomic E-state index is 14.0. The average Bonchev–Trinajstić information content (AvgIpc) is 3.00. The lowest BCUT2D eigenvalue weighted by molar-refractivity contribution is 0.0696. The van der Waals surface area contributed by atoms with Crippen LogP contribution in [0.1, 0.15) is 41.3 Å². The van der Waals surface area contributed by atoms with Crippen LogP contribution >= 0.6 is 24.8 Å². The number of piperidine rings is 1. The second-order valence-electron chi connectivity index (χ2n) is 10.5. The number of likely N-dealkylation sites (tertiary alicyclic amines) is 1. The molecule has 1 aliphatic heterocycles. The van der Waals surface area contributed by atoms with Crippen molar-refractivity contribution in [3.8, 4) is 5.75 Å². The van der Waals surface area contributed by atoms with Gasteiger partial charge in [-0.2, -0.15) is 0 Å². The second kappa shape index (κ2) is 14.6. The smallest absolute Gasteiger partial charge is 0.335 e. The highest BCUT2D eigenvalue weighted by Crippen LogP contribution is 2.30. The zero-order valence-corrected chi connectivity index (χ0v) is 26.9. The van der Waals surface area contributed by atoms with Crippen LogP contribution in [-0.4, -0.2) is 55.3 Å². The van der Waals surface area contributed by atoms with Crippen LogP contribution in [0.2, 0.25) is 0 Å². The van der Waals surface area contributed by atoms with Gasteiger partial charge in [0.25, 0.3) is 10.0 Å². The molecular weight excluding hydrogens is 637 g/mol. The molecule has 10 nitrogen and oxygen atoms in total. The molecule has 0 bridgehead atoms. The number of hydrogen-bond acceptors (Lipinski definition) is 6. The number of hydrogen-bond donors (Lipinski definition) is 4. The molecule has 13 heteroatoms. The molecule has 0 unspecified atom stereocenters. The van der Waals surface area contributed by atoms with Gasteiger partial charge in [0.2, 0.25) is 0 Å². The highest BCUT2D eigenvalue weighted by atomic mass is 35.5. The van der Waals surface area contributed by atoms with Gasteiger partial charge in [-0.15, -0.1) is 24.8 Å². The van der Waals surface area contributed by atoms with E-state index in [9.17, 15) is 18.3 Å². The van der Waals surface area contributed by atoms with Crippen molar-refractivity contribution in [2.45, 2.75) is 37.3 Å². The normalized spacial score (nSPS) is 13.3. The van der Waals surface area contributed by atoms with Crippen molar-refractivity contribution < 1.29 is 23.1 Å². The zero-order valence-electron chi connectivity index (χ0n) is 24.5. The fourth-order valence-corrected chi connectivity index (χ4v) is 6.58. The standard InChI is InChI=1S/C32H33N5O5S.2ClH/c1-21(33)36-16-14-29(15-17-36)42-28-10-8-27(9-11-28)37(43(40,41)30-12-6-24(7-13-30)32(38)39)20-22-2-3-23-4-5-25(31(34)35)19-26(23)18-22;;/h2-13,18-19,29,33H,14-17,20H2,1H3,(H3,34,35)(H,38,39);2*1H. The monoisotopic (exact) mass is 671 g/mol. The van der Waals surface area contributed by atoms with Gasteiger partial charge in [-0.25, -0.2) is 13.2 Å². The van der Waals surface area contributed by atoms with Crippen LogP contribution in [-0.2, 0) is 16.6 Å². The van der Waals surface area contributed by atoms with Gasteiger partial charge in [-0.05, 0) is 83.9 Å². The van der Waals surface area contributed by atoms with Gasteiger partial charge in [0.1, 0.15) is 17.7 Å². The number of benzene rings is 4. The maximum absolute atomic E-state index is 14.0. The average molecular weight is 673 g/mol. The summed E-state index contributed by atoms with van der Waals surface area (Å²) in [6.07, 6.45) is 1.59. The summed E-state index contributed by atoms with van der Waals surface area (Å²) in [5.74, 6) is -0.0260. The maximum Gasteiger partial charge on any atom is 0.335 e. The highest BCUT2D eigenvalue weighted by molar-refractivity contribution is 7.92. The Kier molecular flexibility index (Phi) is 11.4. The predicted molar refractivity (Wildman–Crippen MR) is 181 cm³/mol. The molecule has 1 saturated heterocycles. The topological polar surface area (TPSA) is 161 Å². The number of anilines is 1. The minimum atomic E-state index is -4.10. The van der Waals surface area contributed by atoms with Crippen LogP contribution in [0.5, 0.6) is 5.75 Å². The lowest BCUT2D eigenvalue weighted by Crippen LogP contribution is -2.40. The number of amidine groups is 2. The summed E-state index contributed by atoms with van der Waals surface area (Å²) in [5, 5.41) is 26.6. The number of carboxylic acids is 1. The van der Waals surface area contributed by atoms with E-state index in [1.807, 2.05) is 29.2 Å². The molecule has 1 aliphatic rings. The first-order valence-corrected chi connectivity index (χ1v) is 15.3. The van der Waals surface area contributed by atoms with Gasteiger partial charge >= 0.3 is 5.97 Å². The van der Waals surface area contributed by atoms with E-state index < -0.39 is 16.0 Å². The summed E-state index contributed by atoms with van der Waals surface area (Å²) < 4.78 is 35.4. The first-order valence-electron chi connectivity index (χ1n) is 13.8. The molecule has 0 amide bonds. The quantitative estimate of drug-likeness (QED) is 0.127. The van der Waals surface area contributed by atoms with Crippen LogP contribution < -0.4 is 14.8 Å². The Hall–Kier alpha value is -4.32. The lowest BCUT2D eigenvalue weighted by atomic mass is 10.0. The number of ether oxygens (including phenoxy) is 1. The number of nitrogens with zero attached hydrogens (tertiary/aromatic N) is 2. The Bertz CT molecular complexity index is 1790. The Balaban J connectivity index is 0.00000276. The van der Waals surface area contributed by atoms with Crippen molar-refractivity contribution in [1.29, 1.82) is 10.8 Å². The number of carboxylic acid groups (broad SMARTS) is 1. The Morgan fingerprint density at radius 1 is 0.911 bits per heavy atom. The fraction of sp³-hybridized carbons (Fsp3) is 0.219. The van der Waals surface area contributed by atoms with E-state index in [1.165, 1.54) is 28.6 Å². The Morgan fingerprint density at radius 2 is 1.51 bits per heavy atom. The lowest BCUT2D eigenvalue weighted by Gasteiger charge is -2.33. The molecule has 5 N–H and O–H groups in total. The van der Waals surface area contributed by atoms with E-state index in [2.05, 4.69) is 0 Å². The largest absolute Gasteiger partial charge is 0.490 e. The first-order chi connectivity index (χ1) is 20.5. The van der Waals surface area contributed by atoms with E-state index in [-0.39, 0.29) is 53.8 Å². The van der Waals surface area contributed by atoms with Gasteiger partial charge in [0.15, 0.2) is 0 Å². The summed E-state index contributed by atoms with van der Waals surface area (Å²) in [5.41, 5.74) is 7.37. The van der Waals surface area contributed by atoms with E-state index in [0.29, 0.717) is 28.4 Å². The molecule has 0 aliphatic carbocycles. The third-order valence-electron chi connectivity index (χ3n) is 7.57. The molecule has 0 radical (unpaired) electrons. The number of carbonyl (C=O) groups is 1. The number of nitrogens with one attached hydrogen (secondary N) is 2. The predicted octanol–water partition coefficient (Wildman–Crippen LogP) is 5.90. The van der Waals surface area contributed by atoms with Gasteiger partial charge in [-0.3, -0.25) is 15.1 Å². The van der Waals surface area contributed by atoms with Gasteiger partial charge < -0.3 is 20.5 Å². The summed E-state index contributed by atoms with van der Waals surface area (Å²) in [6.45, 7) is 3.29. The van der Waals surface area contributed by atoms with E-state index in [4.69, 9.17) is 21.3 Å². The second-order valence-corrected chi connectivity index (χ2v) is 12.4. The Morgan fingerprint density at radius 3 is 2.09 bits per heavy atom. The van der Waals surface area contributed by atoms with Gasteiger partial charge in [0, 0.05) is 31.5 Å². The molecule has 0 atom stereocenters. The number of fused-ring (bicyclic) bond motifs is 1. The molecule has 4 aromatic carbocycles. The summed E-state index contributed by atoms with van der Waals surface area (Å²) in [6, 6.07) is 23.1. The van der Waals surface area contributed by atoms with Crippen LogP contribution in [0.4, 0.5) is 5.69 Å². The minimum absolute atomic E-state index is 0. The molecule has 45 heavy (non-hydrogen) atoms. The number of nitrogens with two attached hydrogens (primary N) is 1. The molecule has 5 rings (SSSR count). The molecule has 4 aromatic rings. The number of nitrogen functional groups attached to an aromatic ring is 1. The van der Waals surface area contributed by atoms with Crippen LogP contribution in [0.3, 0.4) is 0 Å². The SMILES string of the molecule is CC(=N)N1CCC(Oc2ccc(N(Cc3ccc4ccc(C(=N)N)cc4c3)S(=O)(=O)c3ccc(C(=O)O)cc3)cc2)CC1.Cl.Cl. The fourth-order valence-electron chi connectivity index (χ4n) is 5.13. The number of halogens is 2. The summed E-state index contributed by atoms with van der Waals surface area (Å²) in [4.78, 5) is 13.3. The molecule has 238 valence electrons. The molecule has 1 heterocycles. The van der Waals surface area contributed by atoms with E-state index in [0.717, 1.165) is 36.7 Å². The minimum Gasteiger partial charge on any atom is -0.490 e. The first kappa shape index (κ1) is 35.2. The van der Waals surface area contributed by atoms with Gasteiger partial charge in [-0.1, -0.05) is 24.3 Å². The van der Waals surface area contributed by atoms with E-state index >= 15 is 0 Å². The molecule has 0 spiro atoms. The third kappa shape index (κ3) is 8.05. The van der Waals surface area contributed by atoms with Crippen molar-refractivity contribution >= 4 is 68.9 Å². The van der Waals surface area contributed by atoms with Crippen LogP contribution in [0, 0.1) is 10.8 Å². The van der Waals surface area contributed by atoms with Crippen molar-refractivity contribution in [3.05, 3.63) is 102 Å². The molecule has 0 aromatic heterocycles. The molecule has 1 fully saturated rings. The van der Waals surface area contributed by atoms with Crippen molar-refractivity contribution in [3.63, 3.8) is 0 Å². The van der Waals surface area contributed by atoms with Crippen molar-refractivity contribution in [1.82, 2.24) is 4.90 Å².